The van der Waals surface area contributed by atoms with Crippen molar-refractivity contribution in [2.45, 2.75) is 57.8 Å². The summed E-state index contributed by atoms with van der Waals surface area (Å²) in [6.45, 7) is 1.66. The highest BCUT2D eigenvalue weighted by molar-refractivity contribution is 5.75. The van der Waals surface area contributed by atoms with Crippen LogP contribution in [0.15, 0.2) is 30.3 Å². The topological polar surface area (TPSA) is 41.1 Å². The van der Waals surface area contributed by atoms with Gasteiger partial charge in [-0.15, -0.1) is 0 Å². The minimum Gasteiger partial charge on any atom is -0.385 e. The molecule has 2 N–H and O–H groups in total. The van der Waals surface area contributed by atoms with Gasteiger partial charge in [-0.05, 0) is 37.3 Å². The molecule has 1 aliphatic rings. The van der Waals surface area contributed by atoms with Gasteiger partial charge in [0.1, 0.15) is 0 Å². The molecule has 0 spiro atoms. The van der Waals surface area contributed by atoms with Crippen LogP contribution in [-0.4, -0.2) is 19.0 Å². The second-order valence-electron chi connectivity index (χ2n) is 6.39. The number of nitrogens with one attached hydrogen (secondary N) is 2. The van der Waals surface area contributed by atoms with E-state index in [0.717, 1.165) is 37.5 Å². The van der Waals surface area contributed by atoms with E-state index < -0.39 is 0 Å². The highest BCUT2D eigenvalue weighted by atomic mass is 16.1. The second-order valence-corrected chi connectivity index (χ2v) is 6.39. The zero-order valence-electron chi connectivity index (χ0n) is 13.7. The molecule has 22 heavy (non-hydrogen) atoms. The van der Waals surface area contributed by atoms with Crippen molar-refractivity contribution in [3.8, 4) is 0 Å². The third-order valence-corrected chi connectivity index (χ3v) is 4.52. The van der Waals surface area contributed by atoms with E-state index in [1.165, 1.54) is 38.5 Å². The van der Waals surface area contributed by atoms with Crippen molar-refractivity contribution in [3.05, 3.63) is 30.3 Å². The lowest BCUT2D eigenvalue weighted by Crippen LogP contribution is -2.25. The maximum absolute atomic E-state index is 11.8. The summed E-state index contributed by atoms with van der Waals surface area (Å²) >= 11 is 0. The van der Waals surface area contributed by atoms with Gasteiger partial charge in [0.05, 0.1) is 0 Å². The minimum absolute atomic E-state index is 0.218. The molecular weight excluding hydrogens is 272 g/mol. The van der Waals surface area contributed by atoms with Crippen molar-refractivity contribution in [3.63, 3.8) is 0 Å². The molecule has 0 saturated heterocycles. The first-order valence-corrected chi connectivity index (χ1v) is 8.90. The standard InChI is InChI=1S/C19H30N2O/c22-19(14-7-11-17-9-3-1-4-10-17)21-16-8-15-20-18-12-5-2-6-13-18/h2,5-6,12-13,17,20H,1,3-4,7-11,14-16H2,(H,21,22). The van der Waals surface area contributed by atoms with Gasteiger partial charge in [0, 0.05) is 25.2 Å². The quantitative estimate of drug-likeness (QED) is 0.666. The number of anilines is 1. The number of benzene rings is 1. The molecule has 0 aromatic heterocycles. The molecule has 3 heteroatoms. The van der Waals surface area contributed by atoms with Crippen LogP contribution in [0.5, 0.6) is 0 Å². The van der Waals surface area contributed by atoms with Gasteiger partial charge in [-0.3, -0.25) is 4.79 Å². The minimum atomic E-state index is 0.218. The Hall–Kier alpha value is -1.51. The summed E-state index contributed by atoms with van der Waals surface area (Å²) in [6.07, 6.45) is 10.9. The maximum Gasteiger partial charge on any atom is 0.219 e. The molecule has 0 heterocycles. The predicted octanol–water partition coefficient (Wildman–Crippen LogP) is 4.36. The van der Waals surface area contributed by atoms with Gasteiger partial charge in [0.2, 0.25) is 5.91 Å². The Morgan fingerprint density at radius 2 is 1.77 bits per heavy atom. The normalized spacial score (nSPS) is 15.5. The van der Waals surface area contributed by atoms with E-state index in [1.807, 2.05) is 18.2 Å². The Balaban J connectivity index is 1.44. The fraction of sp³-hybridized carbons (Fsp3) is 0.632. The first kappa shape index (κ1) is 16.9. The maximum atomic E-state index is 11.8. The Morgan fingerprint density at radius 1 is 1.00 bits per heavy atom. The number of para-hydroxylation sites is 1. The Kier molecular flexibility index (Phi) is 7.86. The van der Waals surface area contributed by atoms with Gasteiger partial charge in [0.15, 0.2) is 0 Å². The summed E-state index contributed by atoms with van der Waals surface area (Å²) < 4.78 is 0. The van der Waals surface area contributed by atoms with Crippen molar-refractivity contribution < 1.29 is 4.79 Å². The molecular formula is C19H30N2O. The van der Waals surface area contributed by atoms with Crippen molar-refractivity contribution in [1.82, 2.24) is 5.32 Å². The monoisotopic (exact) mass is 302 g/mol. The molecule has 122 valence electrons. The van der Waals surface area contributed by atoms with E-state index in [2.05, 4.69) is 22.8 Å². The largest absolute Gasteiger partial charge is 0.385 e. The molecule has 1 aliphatic carbocycles. The molecule has 1 aromatic carbocycles. The van der Waals surface area contributed by atoms with Crippen molar-refractivity contribution in [2.75, 3.05) is 18.4 Å². The van der Waals surface area contributed by atoms with Crippen LogP contribution in [0.2, 0.25) is 0 Å². The molecule has 0 aliphatic heterocycles. The molecule has 1 fully saturated rings. The number of carbonyl (C=O) groups is 1. The van der Waals surface area contributed by atoms with Crippen LogP contribution >= 0.6 is 0 Å². The zero-order valence-corrected chi connectivity index (χ0v) is 13.7. The zero-order chi connectivity index (χ0) is 15.5. The molecule has 0 radical (unpaired) electrons. The van der Waals surface area contributed by atoms with Crippen LogP contribution in [0.1, 0.15) is 57.8 Å². The van der Waals surface area contributed by atoms with Crippen LogP contribution in [0.3, 0.4) is 0 Å². The summed E-state index contributed by atoms with van der Waals surface area (Å²) in [5, 5.41) is 6.38. The van der Waals surface area contributed by atoms with Gasteiger partial charge in [-0.2, -0.15) is 0 Å². The average Bonchev–Trinajstić information content (AvgIpc) is 2.56. The van der Waals surface area contributed by atoms with Crippen LogP contribution < -0.4 is 10.6 Å². The Labute approximate surface area is 134 Å². The SMILES string of the molecule is O=C(CCCC1CCCCC1)NCCCNc1ccccc1. The third kappa shape index (κ3) is 6.97. The highest BCUT2D eigenvalue weighted by Gasteiger charge is 2.13. The van der Waals surface area contributed by atoms with E-state index in [0.29, 0.717) is 6.42 Å². The molecule has 0 atom stereocenters. The van der Waals surface area contributed by atoms with Gasteiger partial charge in [-0.1, -0.05) is 50.3 Å². The van der Waals surface area contributed by atoms with Crippen molar-refractivity contribution in [1.29, 1.82) is 0 Å². The number of rotatable bonds is 9. The van der Waals surface area contributed by atoms with Gasteiger partial charge < -0.3 is 10.6 Å². The van der Waals surface area contributed by atoms with Crippen molar-refractivity contribution >= 4 is 11.6 Å². The molecule has 1 saturated carbocycles. The lowest BCUT2D eigenvalue weighted by molar-refractivity contribution is -0.121. The second kappa shape index (κ2) is 10.3. The molecule has 1 aromatic rings. The van der Waals surface area contributed by atoms with E-state index in [4.69, 9.17) is 0 Å². The predicted molar refractivity (Wildman–Crippen MR) is 93.0 cm³/mol. The number of hydrogen-bond acceptors (Lipinski definition) is 2. The first-order valence-electron chi connectivity index (χ1n) is 8.90. The first-order chi connectivity index (χ1) is 10.8. The van der Waals surface area contributed by atoms with Crippen LogP contribution in [-0.2, 0) is 4.79 Å². The number of carbonyl (C=O) groups excluding carboxylic acids is 1. The lowest BCUT2D eigenvalue weighted by Gasteiger charge is -2.21. The number of hydrogen-bond donors (Lipinski definition) is 2. The van der Waals surface area contributed by atoms with Gasteiger partial charge in [-0.25, -0.2) is 0 Å². The van der Waals surface area contributed by atoms with Crippen LogP contribution in [0, 0.1) is 5.92 Å². The van der Waals surface area contributed by atoms with E-state index >= 15 is 0 Å². The molecule has 0 bridgehead atoms. The van der Waals surface area contributed by atoms with Crippen molar-refractivity contribution in [2.24, 2.45) is 5.92 Å². The molecule has 3 nitrogen and oxygen atoms in total. The summed E-state index contributed by atoms with van der Waals surface area (Å²) in [5.74, 6) is 1.10. The fourth-order valence-corrected chi connectivity index (χ4v) is 3.22. The van der Waals surface area contributed by atoms with Crippen LogP contribution in [0.25, 0.3) is 0 Å². The smallest absolute Gasteiger partial charge is 0.219 e. The summed E-state index contributed by atoms with van der Waals surface area (Å²) in [5.41, 5.74) is 1.14. The molecule has 1 amide bonds. The summed E-state index contributed by atoms with van der Waals surface area (Å²) in [4.78, 5) is 11.8. The Bertz CT molecular complexity index is 413. The third-order valence-electron chi connectivity index (χ3n) is 4.52. The van der Waals surface area contributed by atoms with Gasteiger partial charge in [0.25, 0.3) is 0 Å². The van der Waals surface area contributed by atoms with Crippen LogP contribution in [0.4, 0.5) is 5.69 Å². The number of amides is 1. The van der Waals surface area contributed by atoms with E-state index in [9.17, 15) is 4.79 Å². The summed E-state index contributed by atoms with van der Waals surface area (Å²) in [6, 6.07) is 10.2. The van der Waals surface area contributed by atoms with E-state index in [1.54, 1.807) is 0 Å². The molecule has 2 rings (SSSR count). The molecule has 0 unspecified atom stereocenters. The lowest BCUT2D eigenvalue weighted by atomic mass is 9.86. The highest BCUT2D eigenvalue weighted by Crippen LogP contribution is 2.27. The Morgan fingerprint density at radius 3 is 2.55 bits per heavy atom. The van der Waals surface area contributed by atoms with E-state index in [-0.39, 0.29) is 5.91 Å². The average molecular weight is 302 g/mol. The summed E-state index contributed by atoms with van der Waals surface area (Å²) in [7, 11) is 0. The fourth-order valence-electron chi connectivity index (χ4n) is 3.22. The van der Waals surface area contributed by atoms with Gasteiger partial charge >= 0.3 is 0 Å².